The molecule has 2 saturated heterocycles. The summed E-state index contributed by atoms with van der Waals surface area (Å²) in [5.74, 6) is 3.10. The number of ether oxygens (including phenoxy) is 2. The predicted octanol–water partition coefficient (Wildman–Crippen LogP) is 4.59. The van der Waals surface area contributed by atoms with Crippen LogP contribution in [0.25, 0.3) is 0 Å². The van der Waals surface area contributed by atoms with Gasteiger partial charge in [-0.1, -0.05) is 61.5 Å². The minimum absolute atomic E-state index is 0.145. The number of para-hydroxylation sites is 1. The Hall–Kier alpha value is -3.39. The first kappa shape index (κ1) is 24.9. The molecule has 200 valence electrons. The van der Waals surface area contributed by atoms with Crippen LogP contribution in [0, 0.1) is 5.92 Å². The fourth-order valence-corrected chi connectivity index (χ4v) is 6.62. The lowest BCUT2D eigenvalue weighted by atomic mass is 9.68. The van der Waals surface area contributed by atoms with Crippen LogP contribution in [0.3, 0.4) is 0 Å². The number of amides is 1. The van der Waals surface area contributed by atoms with Gasteiger partial charge in [-0.25, -0.2) is 0 Å². The zero-order chi connectivity index (χ0) is 26.3. The summed E-state index contributed by atoms with van der Waals surface area (Å²) >= 11 is 0. The maximum atomic E-state index is 14.5. The second-order valence-corrected chi connectivity index (χ2v) is 11.1. The molecule has 38 heavy (non-hydrogen) atoms. The van der Waals surface area contributed by atoms with Crippen LogP contribution < -0.4 is 14.8 Å². The average Bonchev–Trinajstić information content (AvgIpc) is 3.61. The van der Waals surface area contributed by atoms with E-state index in [1.54, 1.807) is 7.11 Å². The fraction of sp³-hybridized carbons (Fsp3) is 0.500. The molecule has 1 spiro atoms. The lowest BCUT2D eigenvalue weighted by Gasteiger charge is -2.44. The SMILES string of the molecule is COc1cccc2c1OCC[C@]21CNC[C@H]1C(=O)N1CC[C@@H](c2ccccc2)C[C@H]1c1nc(C(C)C)no1. The van der Waals surface area contributed by atoms with Crippen molar-refractivity contribution in [2.45, 2.75) is 56.4 Å². The van der Waals surface area contributed by atoms with Crippen LogP contribution in [-0.2, 0) is 10.2 Å². The molecule has 0 unspecified atom stereocenters. The van der Waals surface area contributed by atoms with Crippen molar-refractivity contribution < 1.29 is 18.8 Å². The summed E-state index contributed by atoms with van der Waals surface area (Å²) in [5.41, 5.74) is 2.00. The van der Waals surface area contributed by atoms with Crippen LogP contribution in [0.1, 0.15) is 73.8 Å². The van der Waals surface area contributed by atoms with E-state index in [-0.39, 0.29) is 29.2 Å². The maximum Gasteiger partial charge on any atom is 0.249 e. The van der Waals surface area contributed by atoms with E-state index in [4.69, 9.17) is 19.0 Å². The predicted molar refractivity (Wildman–Crippen MR) is 142 cm³/mol. The highest BCUT2D eigenvalue weighted by atomic mass is 16.5. The number of benzene rings is 2. The second-order valence-electron chi connectivity index (χ2n) is 11.1. The molecule has 0 saturated carbocycles. The standard InChI is InChI=1S/C30H36N4O4/c1-19(2)27-32-28(38-33-27)24-16-21(20-8-5-4-6-9-20)12-14-34(24)29(35)23-17-31-18-30(23)13-15-37-26-22(30)10-7-11-25(26)36-3/h4-11,19,21,23-24,31H,12-18H2,1-3H3/t21-,23+,24+,30+/m1/s1. The van der Waals surface area contributed by atoms with Crippen LogP contribution in [0.5, 0.6) is 11.5 Å². The third-order valence-electron chi connectivity index (χ3n) is 8.70. The van der Waals surface area contributed by atoms with Gasteiger partial charge < -0.3 is 24.2 Å². The second kappa shape index (κ2) is 10.1. The molecule has 4 atom stereocenters. The van der Waals surface area contributed by atoms with E-state index in [2.05, 4.69) is 54.7 Å². The highest BCUT2D eigenvalue weighted by Crippen LogP contribution is 2.50. The summed E-state index contributed by atoms with van der Waals surface area (Å²) in [6.45, 7) is 6.67. The molecule has 2 aromatic carbocycles. The molecule has 4 heterocycles. The molecule has 0 aliphatic carbocycles. The number of aromatic nitrogens is 2. The number of likely N-dealkylation sites (tertiary alicyclic amines) is 1. The first-order valence-electron chi connectivity index (χ1n) is 13.7. The quantitative estimate of drug-likeness (QED) is 0.531. The van der Waals surface area contributed by atoms with E-state index in [0.29, 0.717) is 43.1 Å². The van der Waals surface area contributed by atoms with E-state index in [1.807, 2.05) is 23.1 Å². The summed E-state index contributed by atoms with van der Waals surface area (Å²) in [6.07, 6.45) is 2.44. The van der Waals surface area contributed by atoms with Crippen molar-refractivity contribution in [2.24, 2.45) is 5.92 Å². The molecule has 0 bridgehead atoms. The number of methoxy groups -OCH3 is 1. The monoisotopic (exact) mass is 516 g/mol. The molecule has 8 nitrogen and oxygen atoms in total. The van der Waals surface area contributed by atoms with Gasteiger partial charge in [-0.2, -0.15) is 4.98 Å². The van der Waals surface area contributed by atoms with Crippen molar-refractivity contribution in [1.29, 1.82) is 0 Å². The topological polar surface area (TPSA) is 89.7 Å². The Morgan fingerprint density at radius 1 is 1.18 bits per heavy atom. The van der Waals surface area contributed by atoms with Crippen molar-refractivity contribution >= 4 is 5.91 Å². The number of nitrogens with one attached hydrogen (secondary N) is 1. The Morgan fingerprint density at radius 3 is 2.79 bits per heavy atom. The molecule has 3 aromatic rings. The lowest BCUT2D eigenvalue weighted by Crippen LogP contribution is -2.51. The van der Waals surface area contributed by atoms with Gasteiger partial charge in [0, 0.05) is 36.5 Å². The van der Waals surface area contributed by atoms with Crippen LogP contribution in [0.15, 0.2) is 53.1 Å². The molecule has 1 amide bonds. The molecule has 3 aliphatic heterocycles. The maximum absolute atomic E-state index is 14.5. The fourth-order valence-electron chi connectivity index (χ4n) is 6.62. The van der Waals surface area contributed by atoms with Gasteiger partial charge in [0.2, 0.25) is 11.8 Å². The summed E-state index contributed by atoms with van der Waals surface area (Å²) in [7, 11) is 1.66. The molecule has 2 fully saturated rings. The zero-order valence-electron chi connectivity index (χ0n) is 22.4. The van der Waals surface area contributed by atoms with E-state index < -0.39 is 0 Å². The third-order valence-corrected chi connectivity index (χ3v) is 8.70. The zero-order valence-corrected chi connectivity index (χ0v) is 22.4. The molecular formula is C30H36N4O4. The summed E-state index contributed by atoms with van der Waals surface area (Å²) < 4.78 is 17.5. The first-order chi connectivity index (χ1) is 18.5. The highest BCUT2D eigenvalue weighted by molar-refractivity contribution is 5.82. The Labute approximate surface area is 223 Å². The lowest BCUT2D eigenvalue weighted by molar-refractivity contribution is -0.142. The number of rotatable bonds is 5. The van der Waals surface area contributed by atoms with E-state index in [1.165, 1.54) is 5.56 Å². The number of nitrogens with zero attached hydrogens (tertiary/aromatic N) is 3. The average molecular weight is 517 g/mol. The van der Waals surface area contributed by atoms with Crippen molar-refractivity contribution in [3.05, 3.63) is 71.4 Å². The summed E-state index contributed by atoms with van der Waals surface area (Å²) in [4.78, 5) is 21.3. The van der Waals surface area contributed by atoms with Crippen molar-refractivity contribution in [1.82, 2.24) is 20.4 Å². The van der Waals surface area contributed by atoms with Gasteiger partial charge in [0.1, 0.15) is 6.04 Å². The minimum atomic E-state index is -0.349. The van der Waals surface area contributed by atoms with Crippen molar-refractivity contribution in [3.63, 3.8) is 0 Å². The Bertz CT molecular complexity index is 1290. The smallest absolute Gasteiger partial charge is 0.249 e. The van der Waals surface area contributed by atoms with Crippen molar-refractivity contribution in [2.75, 3.05) is 33.4 Å². The number of fused-ring (bicyclic) bond motifs is 2. The Kier molecular flexibility index (Phi) is 6.60. The van der Waals surface area contributed by atoms with Crippen molar-refractivity contribution in [3.8, 4) is 11.5 Å². The molecule has 8 heteroatoms. The molecule has 1 aromatic heterocycles. The largest absolute Gasteiger partial charge is 0.493 e. The van der Waals surface area contributed by atoms with Crippen LogP contribution in [-0.4, -0.2) is 54.3 Å². The molecule has 1 N–H and O–H groups in total. The third kappa shape index (κ3) is 4.15. The van der Waals surface area contributed by atoms with Gasteiger partial charge in [0.15, 0.2) is 17.3 Å². The number of piperidine rings is 1. The first-order valence-corrected chi connectivity index (χ1v) is 13.7. The van der Waals surface area contributed by atoms with Gasteiger partial charge in [0.05, 0.1) is 19.6 Å². The number of hydrogen-bond acceptors (Lipinski definition) is 7. The van der Waals surface area contributed by atoms with E-state index in [0.717, 1.165) is 37.1 Å². The van der Waals surface area contributed by atoms with Gasteiger partial charge in [-0.05, 0) is 36.8 Å². The number of carbonyl (C=O) groups excluding carboxylic acids is 1. The summed E-state index contributed by atoms with van der Waals surface area (Å²) in [6, 6.07) is 16.3. The normalized spacial score (nSPS) is 26.8. The Morgan fingerprint density at radius 2 is 2.03 bits per heavy atom. The summed E-state index contributed by atoms with van der Waals surface area (Å²) in [5, 5.41) is 7.79. The highest BCUT2D eigenvalue weighted by Gasteiger charge is 2.53. The van der Waals surface area contributed by atoms with E-state index >= 15 is 0 Å². The van der Waals surface area contributed by atoms with Gasteiger partial charge in [0.25, 0.3) is 0 Å². The van der Waals surface area contributed by atoms with Gasteiger partial charge in [-0.3, -0.25) is 4.79 Å². The van der Waals surface area contributed by atoms with Crippen LogP contribution in [0.2, 0.25) is 0 Å². The molecule has 6 rings (SSSR count). The molecule has 3 aliphatic rings. The van der Waals surface area contributed by atoms with E-state index in [9.17, 15) is 4.79 Å². The minimum Gasteiger partial charge on any atom is -0.493 e. The van der Waals surface area contributed by atoms with Gasteiger partial charge >= 0.3 is 0 Å². The van der Waals surface area contributed by atoms with Gasteiger partial charge in [-0.15, -0.1) is 0 Å². The number of hydrogen-bond donors (Lipinski definition) is 1. The molecule has 0 radical (unpaired) electrons. The Balaban J connectivity index is 1.35. The molecular weight excluding hydrogens is 480 g/mol. The van der Waals surface area contributed by atoms with Crippen LogP contribution >= 0.6 is 0 Å². The number of carbonyl (C=O) groups is 1. The van der Waals surface area contributed by atoms with Crippen LogP contribution in [0.4, 0.5) is 0 Å².